The first-order valence-electron chi connectivity index (χ1n) is 5.30. The fourth-order valence-electron chi connectivity index (χ4n) is 1.55. The van der Waals surface area contributed by atoms with Crippen LogP contribution in [0.1, 0.15) is 15.9 Å². The number of benzene rings is 2. The standard InChI is InChI=1S/C14H12INO/c1-10-6-2-5-9-13(10)16-14(17)11-7-3-4-8-12(11)15/h2-9H,1H3,(H,16,17). The van der Waals surface area contributed by atoms with Gasteiger partial charge in [0.05, 0.1) is 5.56 Å². The van der Waals surface area contributed by atoms with Crippen LogP contribution in [-0.2, 0) is 0 Å². The molecule has 0 saturated heterocycles. The molecule has 0 bridgehead atoms. The van der Waals surface area contributed by atoms with Crippen LogP contribution < -0.4 is 5.32 Å². The lowest BCUT2D eigenvalue weighted by molar-refractivity contribution is 0.102. The maximum absolute atomic E-state index is 12.1. The lowest BCUT2D eigenvalue weighted by atomic mass is 10.1. The van der Waals surface area contributed by atoms with Crippen molar-refractivity contribution in [1.29, 1.82) is 0 Å². The predicted octanol–water partition coefficient (Wildman–Crippen LogP) is 3.85. The number of aryl methyl sites for hydroxylation is 1. The molecule has 0 aliphatic carbocycles. The molecule has 1 amide bonds. The van der Waals surface area contributed by atoms with Crippen LogP contribution in [0, 0.1) is 10.5 Å². The number of anilines is 1. The first kappa shape index (κ1) is 12.1. The normalized spacial score (nSPS) is 10.0. The highest BCUT2D eigenvalue weighted by Crippen LogP contribution is 2.17. The molecule has 0 saturated carbocycles. The van der Waals surface area contributed by atoms with Gasteiger partial charge < -0.3 is 5.32 Å². The van der Waals surface area contributed by atoms with Crippen molar-refractivity contribution in [3.05, 3.63) is 63.2 Å². The van der Waals surface area contributed by atoms with Crippen molar-refractivity contribution in [1.82, 2.24) is 0 Å². The van der Waals surface area contributed by atoms with E-state index in [1.54, 1.807) is 0 Å². The third-order valence-corrected chi connectivity index (χ3v) is 3.45. The van der Waals surface area contributed by atoms with E-state index in [0.717, 1.165) is 14.8 Å². The van der Waals surface area contributed by atoms with Gasteiger partial charge in [0.1, 0.15) is 0 Å². The fraction of sp³-hybridized carbons (Fsp3) is 0.0714. The van der Waals surface area contributed by atoms with Gasteiger partial charge in [-0.3, -0.25) is 4.79 Å². The van der Waals surface area contributed by atoms with Crippen molar-refractivity contribution in [2.24, 2.45) is 0 Å². The fourth-order valence-corrected chi connectivity index (χ4v) is 2.18. The number of hydrogen-bond acceptors (Lipinski definition) is 1. The predicted molar refractivity (Wildman–Crippen MR) is 78.3 cm³/mol. The second kappa shape index (κ2) is 5.31. The maximum atomic E-state index is 12.1. The van der Waals surface area contributed by atoms with E-state index in [9.17, 15) is 4.79 Å². The van der Waals surface area contributed by atoms with E-state index < -0.39 is 0 Å². The van der Waals surface area contributed by atoms with E-state index in [4.69, 9.17) is 0 Å². The lowest BCUT2D eigenvalue weighted by Crippen LogP contribution is -2.13. The van der Waals surface area contributed by atoms with Gasteiger partial charge in [0.15, 0.2) is 0 Å². The summed E-state index contributed by atoms with van der Waals surface area (Å²) in [5, 5.41) is 2.92. The second-order valence-electron chi connectivity index (χ2n) is 3.75. The minimum atomic E-state index is -0.0655. The van der Waals surface area contributed by atoms with Crippen molar-refractivity contribution in [2.45, 2.75) is 6.92 Å². The van der Waals surface area contributed by atoms with E-state index in [1.807, 2.05) is 55.5 Å². The summed E-state index contributed by atoms with van der Waals surface area (Å²) >= 11 is 2.17. The highest BCUT2D eigenvalue weighted by atomic mass is 127. The molecule has 0 atom stereocenters. The van der Waals surface area contributed by atoms with Crippen molar-refractivity contribution in [2.75, 3.05) is 5.32 Å². The number of halogens is 1. The second-order valence-corrected chi connectivity index (χ2v) is 4.91. The van der Waals surface area contributed by atoms with Crippen molar-refractivity contribution < 1.29 is 4.79 Å². The molecule has 86 valence electrons. The Morgan fingerprint density at radius 3 is 2.41 bits per heavy atom. The minimum Gasteiger partial charge on any atom is -0.322 e. The molecule has 2 aromatic carbocycles. The molecular formula is C14H12INO. The monoisotopic (exact) mass is 337 g/mol. The van der Waals surface area contributed by atoms with Gasteiger partial charge in [-0.1, -0.05) is 30.3 Å². The van der Waals surface area contributed by atoms with Crippen molar-refractivity contribution in [3.63, 3.8) is 0 Å². The van der Waals surface area contributed by atoms with Gasteiger partial charge in [-0.2, -0.15) is 0 Å². The molecular weight excluding hydrogens is 325 g/mol. The molecule has 1 N–H and O–H groups in total. The quantitative estimate of drug-likeness (QED) is 0.829. The SMILES string of the molecule is Cc1ccccc1NC(=O)c1ccccc1I. The Bertz CT molecular complexity index is 551. The van der Waals surface area contributed by atoms with Crippen LogP contribution in [0.25, 0.3) is 0 Å². The zero-order chi connectivity index (χ0) is 12.3. The summed E-state index contributed by atoms with van der Waals surface area (Å²) in [6.07, 6.45) is 0. The van der Waals surface area contributed by atoms with Crippen LogP contribution in [0.5, 0.6) is 0 Å². The Morgan fingerprint density at radius 2 is 1.71 bits per heavy atom. The molecule has 0 heterocycles. The molecule has 0 radical (unpaired) electrons. The molecule has 2 aromatic rings. The number of amides is 1. The van der Waals surface area contributed by atoms with Crippen LogP contribution in [0.2, 0.25) is 0 Å². The van der Waals surface area contributed by atoms with E-state index in [1.165, 1.54) is 0 Å². The third kappa shape index (κ3) is 2.85. The van der Waals surface area contributed by atoms with Crippen LogP contribution in [-0.4, -0.2) is 5.91 Å². The highest BCUT2D eigenvalue weighted by Gasteiger charge is 2.09. The van der Waals surface area contributed by atoms with Gasteiger partial charge in [0.2, 0.25) is 0 Å². The average molecular weight is 337 g/mol. The Labute approximate surface area is 114 Å². The summed E-state index contributed by atoms with van der Waals surface area (Å²) in [5.41, 5.74) is 2.63. The summed E-state index contributed by atoms with van der Waals surface area (Å²) in [7, 11) is 0. The van der Waals surface area contributed by atoms with Crippen molar-refractivity contribution in [3.8, 4) is 0 Å². The van der Waals surface area contributed by atoms with Gasteiger partial charge in [-0.15, -0.1) is 0 Å². The van der Waals surface area contributed by atoms with Crippen LogP contribution in [0.4, 0.5) is 5.69 Å². The molecule has 2 nitrogen and oxygen atoms in total. The Morgan fingerprint density at radius 1 is 1.06 bits per heavy atom. The maximum Gasteiger partial charge on any atom is 0.256 e. The zero-order valence-electron chi connectivity index (χ0n) is 9.41. The number of para-hydroxylation sites is 1. The first-order chi connectivity index (χ1) is 8.18. The van der Waals surface area contributed by atoms with Gasteiger partial charge >= 0.3 is 0 Å². The number of hydrogen-bond donors (Lipinski definition) is 1. The molecule has 0 unspecified atom stereocenters. The number of carbonyl (C=O) groups excluding carboxylic acids is 1. The van der Waals surface area contributed by atoms with Gasteiger partial charge in [0.25, 0.3) is 5.91 Å². The molecule has 3 heteroatoms. The highest BCUT2D eigenvalue weighted by molar-refractivity contribution is 14.1. The molecule has 17 heavy (non-hydrogen) atoms. The third-order valence-electron chi connectivity index (χ3n) is 2.51. The Kier molecular flexibility index (Phi) is 3.78. The number of carbonyl (C=O) groups is 1. The van der Waals surface area contributed by atoms with Gasteiger partial charge in [0, 0.05) is 9.26 Å². The summed E-state index contributed by atoms with van der Waals surface area (Å²) in [4.78, 5) is 12.1. The van der Waals surface area contributed by atoms with Crippen molar-refractivity contribution >= 4 is 34.2 Å². The van der Waals surface area contributed by atoms with E-state index in [-0.39, 0.29) is 5.91 Å². The first-order valence-corrected chi connectivity index (χ1v) is 6.38. The molecule has 2 rings (SSSR count). The smallest absolute Gasteiger partial charge is 0.256 e. The molecule has 0 aliphatic heterocycles. The summed E-state index contributed by atoms with van der Waals surface area (Å²) in [5.74, 6) is -0.0655. The Hall–Kier alpha value is -1.36. The summed E-state index contributed by atoms with van der Waals surface area (Å²) in [6, 6.07) is 15.3. The average Bonchev–Trinajstić information content (AvgIpc) is 2.32. The Balaban J connectivity index is 2.24. The van der Waals surface area contributed by atoms with Crippen LogP contribution in [0.15, 0.2) is 48.5 Å². The summed E-state index contributed by atoms with van der Waals surface area (Å²) in [6.45, 7) is 1.98. The van der Waals surface area contributed by atoms with E-state index in [0.29, 0.717) is 5.56 Å². The minimum absolute atomic E-state index is 0.0655. The summed E-state index contributed by atoms with van der Waals surface area (Å²) < 4.78 is 0.955. The molecule has 0 spiro atoms. The van der Waals surface area contributed by atoms with Gasteiger partial charge in [-0.25, -0.2) is 0 Å². The van der Waals surface area contributed by atoms with E-state index in [2.05, 4.69) is 27.9 Å². The van der Waals surface area contributed by atoms with Crippen LogP contribution >= 0.6 is 22.6 Å². The number of rotatable bonds is 2. The van der Waals surface area contributed by atoms with Gasteiger partial charge in [-0.05, 0) is 53.3 Å². The zero-order valence-corrected chi connectivity index (χ0v) is 11.6. The number of nitrogens with one attached hydrogen (secondary N) is 1. The molecule has 0 fully saturated rings. The van der Waals surface area contributed by atoms with Crippen LogP contribution in [0.3, 0.4) is 0 Å². The molecule has 0 aromatic heterocycles. The lowest BCUT2D eigenvalue weighted by Gasteiger charge is -2.08. The van der Waals surface area contributed by atoms with E-state index >= 15 is 0 Å². The topological polar surface area (TPSA) is 29.1 Å². The molecule has 0 aliphatic rings. The largest absolute Gasteiger partial charge is 0.322 e.